The molecule has 1 N–H and O–H groups in total. The topological polar surface area (TPSA) is 49.9 Å². The number of benzene rings is 1. The van der Waals surface area contributed by atoms with Gasteiger partial charge in [0.1, 0.15) is 0 Å². The summed E-state index contributed by atoms with van der Waals surface area (Å²) in [6.07, 6.45) is 1.81. The zero-order chi connectivity index (χ0) is 12.4. The number of hydrogen-bond donors (Lipinski definition) is 1. The third kappa shape index (κ3) is 2.15. The fraction of sp³-hybridized carbons (Fsp3) is 0.167. The van der Waals surface area contributed by atoms with Gasteiger partial charge in [0, 0.05) is 16.3 Å². The van der Waals surface area contributed by atoms with Gasteiger partial charge in [-0.25, -0.2) is 0 Å². The first kappa shape index (κ1) is 12.0. The predicted molar refractivity (Wildman–Crippen MR) is 71.2 cm³/mol. The Morgan fingerprint density at radius 1 is 1.47 bits per heavy atom. The molecule has 3 nitrogen and oxygen atoms in total. The molecule has 0 unspecified atom stereocenters. The van der Waals surface area contributed by atoms with Crippen LogP contribution in [-0.4, -0.2) is 24.9 Å². The number of fused-ring (bicyclic) bond motifs is 1. The number of Topliss-reactive ketones (excluding diaryl/α,β-unsaturated/α-hetero) is 1. The second kappa shape index (κ2) is 4.79. The van der Waals surface area contributed by atoms with Crippen molar-refractivity contribution in [2.45, 2.75) is 11.2 Å². The number of rotatable bonds is 3. The van der Waals surface area contributed by atoms with Gasteiger partial charge in [0.25, 0.3) is 0 Å². The highest BCUT2D eigenvalue weighted by molar-refractivity contribution is 7.98. The number of H-pyrrole nitrogens is 1. The summed E-state index contributed by atoms with van der Waals surface area (Å²) in [5.41, 5.74) is 0.808. The highest BCUT2D eigenvalue weighted by atomic mass is 32.2. The number of thioether (sulfide) groups is 1. The Labute approximate surface area is 104 Å². The molecule has 17 heavy (non-hydrogen) atoms. The van der Waals surface area contributed by atoms with Crippen LogP contribution in [0.25, 0.3) is 10.9 Å². The Kier molecular flexibility index (Phi) is 3.38. The normalized spacial score (nSPS) is 10.6. The van der Waals surface area contributed by atoms with E-state index in [-0.39, 0.29) is 23.2 Å². The number of pyridine rings is 1. The fourth-order valence-electron chi connectivity index (χ4n) is 1.68. The molecule has 5 heteroatoms. The van der Waals surface area contributed by atoms with E-state index in [2.05, 4.69) is 4.98 Å². The number of aromatic nitrogens is 1. The first-order valence-electron chi connectivity index (χ1n) is 5.10. The van der Waals surface area contributed by atoms with Crippen molar-refractivity contribution in [1.29, 1.82) is 0 Å². The second-order valence-electron chi connectivity index (χ2n) is 3.56. The maximum Gasteiger partial charge on any atom is 0.190 e. The fourth-order valence-corrected chi connectivity index (χ4v) is 2.26. The van der Waals surface area contributed by atoms with E-state index in [0.717, 1.165) is 4.90 Å². The van der Waals surface area contributed by atoms with Crippen LogP contribution < -0.4 is 5.43 Å². The van der Waals surface area contributed by atoms with E-state index in [1.54, 1.807) is 6.07 Å². The summed E-state index contributed by atoms with van der Waals surface area (Å²) in [5.74, 6) is -0.264. The number of carbonyl (C=O) groups excluding carboxylic acids is 1. The van der Waals surface area contributed by atoms with Crippen LogP contribution in [0, 0.1) is 0 Å². The van der Waals surface area contributed by atoms with Crippen LogP contribution in [0.15, 0.2) is 34.0 Å². The molecule has 0 bridgehead atoms. The number of para-hydroxylation sites is 1. The number of hydrogen-bond acceptors (Lipinski definition) is 3. The van der Waals surface area contributed by atoms with Gasteiger partial charge in [0.05, 0.1) is 19.1 Å². The highest BCUT2D eigenvalue weighted by Gasteiger charge is 2.09. The van der Waals surface area contributed by atoms with Gasteiger partial charge in [-0.2, -0.15) is 0 Å². The van der Waals surface area contributed by atoms with Crippen molar-refractivity contribution >= 4 is 36.3 Å². The summed E-state index contributed by atoms with van der Waals surface area (Å²) in [7, 11) is 5.29. The molecule has 0 aliphatic heterocycles. The van der Waals surface area contributed by atoms with Crippen LogP contribution in [0.1, 0.15) is 10.5 Å². The van der Waals surface area contributed by atoms with Gasteiger partial charge in [-0.15, -0.1) is 11.8 Å². The molecular weight excluding hydrogens is 233 g/mol. The minimum absolute atomic E-state index is 0.108. The van der Waals surface area contributed by atoms with E-state index in [1.807, 2.05) is 18.4 Å². The van der Waals surface area contributed by atoms with Gasteiger partial charge in [-0.3, -0.25) is 9.59 Å². The van der Waals surface area contributed by atoms with E-state index >= 15 is 0 Å². The van der Waals surface area contributed by atoms with Crippen molar-refractivity contribution in [2.24, 2.45) is 0 Å². The molecule has 2 radical (unpaired) electrons. The number of ketones is 1. The average Bonchev–Trinajstić information content (AvgIpc) is 2.37. The molecule has 0 amide bonds. The zero-order valence-corrected chi connectivity index (χ0v) is 10.1. The van der Waals surface area contributed by atoms with Gasteiger partial charge in [0.2, 0.25) is 0 Å². The SMILES string of the molecule is [B]CC(=O)c1cc(=O)c2cccc(SC)c2[nH]1. The van der Waals surface area contributed by atoms with E-state index in [1.165, 1.54) is 17.8 Å². The molecule has 2 aromatic rings. The molecule has 0 atom stereocenters. The first-order valence-corrected chi connectivity index (χ1v) is 6.33. The third-order valence-corrected chi connectivity index (χ3v) is 3.31. The smallest absolute Gasteiger partial charge is 0.190 e. The Balaban J connectivity index is 2.79. The minimum Gasteiger partial charge on any atom is -0.351 e. The van der Waals surface area contributed by atoms with Crippen LogP contribution in [-0.2, 0) is 0 Å². The van der Waals surface area contributed by atoms with Crippen LogP contribution in [0.2, 0.25) is 6.32 Å². The zero-order valence-electron chi connectivity index (χ0n) is 9.32. The van der Waals surface area contributed by atoms with Crippen molar-refractivity contribution in [2.75, 3.05) is 6.26 Å². The van der Waals surface area contributed by atoms with Gasteiger partial charge >= 0.3 is 0 Å². The summed E-state index contributed by atoms with van der Waals surface area (Å²) in [6, 6.07) is 6.78. The Morgan fingerprint density at radius 2 is 2.24 bits per heavy atom. The number of aromatic amines is 1. The van der Waals surface area contributed by atoms with Crippen LogP contribution in [0.3, 0.4) is 0 Å². The van der Waals surface area contributed by atoms with Crippen LogP contribution in [0.4, 0.5) is 0 Å². The van der Waals surface area contributed by atoms with Crippen molar-refractivity contribution in [3.63, 3.8) is 0 Å². The Morgan fingerprint density at radius 3 is 2.88 bits per heavy atom. The van der Waals surface area contributed by atoms with Crippen molar-refractivity contribution in [3.8, 4) is 0 Å². The van der Waals surface area contributed by atoms with Gasteiger partial charge in [-0.1, -0.05) is 6.07 Å². The quantitative estimate of drug-likeness (QED) is 0.509. The molecule has 84 valence electrons. The molecule has 2 rings (SSSR count). The largest absolute Gasteiger partial charge is 0.351 e. The van der Waals surface area contributed by atoms with Crippen LogP contribution >= 0.6 is 11.8 Å². The molecular formula is C12H10BNO2S. The molecule has 1 heterocycles. The van der Waals surface area contributed by atoms with E-state index < -0.39 is 0 Å². The maximum absolute atomic E-state index is 11.9. The van der Waals surface area contributed by atoms with E-state index in [9.17, 15) is 9.59 Å². The van der Waals surface area contributed by atoms with E-state index in [0.29, 0.717) is 10.9 Å². The third-order valence-electron chi connectivity index (χ3n) is 2.53. The monoisotopic (exact) mass is 243 g/mol. The molecule has 0 aliphatic carbocycles. The first-order chi connectivity index (χ1) is 8.17. The summed E-state index contributed by atoms with van der Waals surface area (Å²) in [5, 5.41) is 0.588. The molecule has 0 spiro atoms. The molecule has 0 saturated carbocycles. The summed E-state index contributed by atoms with van der Waals surface area (Å²) in [6.45, 7) is 0. The summed E-state index contributed by atoms with van der Waals surface area (Å²) >= 11 is 1.52. The lowest BCUT2D eigenvalue weighted by molar-refractivity contribution is 0.101. The maximum atomic E-state index is 11.9. The molecule has 0 saturated heterocycles. The van der Waals surface area contributed by atoms with E-state index in [4.69, 9.17) is 7.85 Å². The van der Waals surface area contributed by atoms with Crippen molar-refractivity contribution in [3.05, 3.63) is 40.2 Å². The van der Waals surface area contributed by atoms with Gasteiger partial charge in [-0.05, 0) is 24.7 Å². The number of carbonyl (C=O) groups is 1. The lowest BCUT2D eigenvalue weighted by atomic mass is 9.98. The lowest BCUT2D eigenvalue weighted by Gasteiger charge is -2.06. The lowest BCUT2D eigenvalue weighted by Crippen LogP contribution is -2.10. The predicted octanol–water partition coefficient (Wildman–Crippen LogP) is 2.02. The standard InChI is InChI=1S/C12H10BNO2S/c1-17-11-4-2-3-7-9(15)5-8(10(16)6-13)14-12(7)11/h2-5H,6H2,1H3,(H,14,15). The second-order valence-corrected chi connectivity index (χ2v) is 4.41. The van der Waals surface area contributed by atoms with Crippen molar-refractivity contribution < 1.29 is 4.79 Å². The molecule has 1 aromatic carbocycles. The highest BCUT2D eigenvalue weighted by Crippen LogP contribution is 2.22. The average molecular weight is 243 g/mol. The summed E-state index contributed by atoms with van der Waals surface area (Å²) in [4.78, 5) is 27.3. The Hall–Kier alpha value is -1.49. The number of nitrogens with one attached hydrogen (secondary N) is 1. The van der Waals surface area contributed by atoms with Gasteiger partial charge in [0.15, 0.2) is 11.2 Å². The van der Waals surface area contributed by atoms with Crippen LogP contribution in [0.5, 0.6) is 0 Å². The molecule has 0 fully saturated rings. The van der Waals surface area contributed by atoms with Crippen molar-refractivity contribution in [1.82, 2.24) is 4.98 Å². The molecule has 1 aromatic heterocycles. The minimum atomic E-state index is -0.264. The molecule has 0 aliphatic rings. The van der Waals surface area contributed by atoms with Gasteiger partial charge < -0.3 is 4.98 Å². The Bertz CT molecular complexity index is 636. The summed E-state index contributed by atoms with van der Waals surface area (Å²) < 4.78 is 0.